The van der Waals surface area contributed by atoms with E-state index in [1.165, 1.54) is 4.90 Å². The van der Waals surface area contributed by atoms with Crippen LogP contribution in [0.5, 0.6) is 0 Å². The quantitative estimate of drug-likeness (QED) is 0.811. The van der Waals surface area contributed by atoms with Gasteiger partial charge in [-0.15, -0.1) is 18.3 Å². The molecule has 1 aliphatic heterocycles. The number of carboxylic acid groups (broad SMARTS) is 1. The van der Waals surface area contributed by atoms with Crippen LogP contribution in [-0.2, 0) is 4.79 Å². The number of aliphatic carboxylic acids is 1. The second kappa shape index (κ2) is 6.73. The molecule has 6 heteroatoms. The van der Waals surface area contributed by atoms with Crippen molar-refractivity contribution in [1.82, 2.24) is 9.80 Å². The van der Waals surface area contributed by atoms with Gasteiger partial charge in [-0.1, -0.05) is 19.9 Å². The third-order valence-electron chi connectivity index (χ3n) is 3.46. The molecule has 120 valence electrons. The molecular weight excluding hydrogens is 288 g/mol. The number of amides is 2. The van der Waals surface area contributed by atoms with Gasteiger partial charge in [0.05, 0.1) is 5.37 Å². The SMILES string of the molecule is C=CCN(C(=O)N1C(C(=O)O)CSC1C(C)C)C(C)(C)C. The van der Waals surface area contributed by atoms with Crippen LogP contribution in [0, 0.1) is 5.92 Å². The maximum absolute atomic E-state index is 12.9. The molecule has 1 saturated heterocycles. The molecule has 0 radical (unpaired) electrons. The van der Waals surface area contributed by atoms with Gasteiger partial charge < -0.3 is 10.0 Å². The van der Waals surface area contributed by atoms with Crippen molar-refractivity contribution in [2.45, 2.75) is 51.6 Å². The minimum atomic E-state index is -0.938. The summed E-state index contributed by atoms with van der Waals surface area (Å²) in [6.07, 6.45) is 1.67. The maximum Gasteiger partial charge on any atom is 0.327 e. The predicted octanol–water partition coefficient (Wildman–Crippen LogP) is 2.88. The van der Waals surface area contributed by atoms with Gasteiger partial charge in [-0.2, -0.15) is 0 Å². The molecule has 2 amide bonds. The van der Waals surface area contributed by atoms with Crippen molar-refractivity contribution in [1.29, 1.82) is 0 Å². The second-order valence-corrected chi connectivity index (χ2v) is 7.73. The van der Waals surface area contributed by atoms with E-state index < -0.39 is 12.0 Å². The maximum atomic E-state index is 12.9. The number of carbonyl (C=O) groups is 2. The van der Waals surface area contributed by atoms with E-state index in [2.05, 4.69) is 6.58 Å². The third kappa shape index (κ3) is 3.93. The lowest BCUT2D eigenvalue weighted by molar-refractivity contribution is -0.141. The molecule has 0 bridgehead atoms. The summed E-state index contributed by atoms with van der Waals surface area (Å²) in [5, 5.41) is 9.30. The summed E-state index contributed by atoms with van der Waals surface area (Å²) in [5.74, 6) is -0.295. The molecule has 21 heavy (non-hydrogen) atoms. The van der Waals surface area contributed by atoms with Crippen LogP contribution in [0.15, 0.2) is 12.7 Å². The zero-order chi connectivity index (χ0) is 16.4. The smallest absolute Gasteiger partial charge is 0.327 e. The molecule has 0 spiro atoms. The van der Waals surface area contributed by atoms with E-state index >= 15 is 0 Å². The van der Waals surface area contributed by atoms with Gasteiger partial charge in [0.2, 0.25) is 0 Å². The molecule has 0 aliphatic carbocycles. The molecule has 1 N–H and O–H groups in total. The molecule has 0 saturated carbocycles. The molecule has 1 aliphatic rings. The number of urea groups is 1. The lowest BCUT2D eigenvalue weighted by atomic mass is 10.1. The minimum absolute atomic E-state index is 0.103. The predicted molar refractivity (Wildman–Crippen MR) is 86.4 cm³/mol. The third-order valence-corrected chi connectivity index (χ3v) is 5.08. The van der Waals surface area contributed by atoms with Crippen LogP contribution in [0.3, 0.4) is 0 Å². The number of hydrogen-bond donors (Lipinski definition) is 1. The first kappa shape index (κ1) is 17.9. The van der Waals surface area contributed by atoms with Crippen molar-refractivity contribution in [2.75, 3.05) is 12.3 Å². The van der Waals surface area contributed by atoms with Crippen LogP contribution < -0.4 is 0 Å². The highest BCUT2D eigenvalue weighted by atomic mass is 32.2. The Bertz CT molecular complexity index is 418. The van der Waals surface area contributed by atoms with E-state index in [1.54, 1.807) is 22.7 Å². The molecule has 5 nitrogen and oxygen atoms in total. The summed E-state index contributed by atoms with van der Waals surface area (Å²) in [6, 6.07) is -0.983. The fraction of sp³-hybridized carbons (Fsp3) is 0.733. The zero-order valence-electron chi connectivity index (χ0n) is 13.5. The Kier molecular flexibility index (Phi) is 5.73. The zero-order valence-corrected chi connectivity index (χ0v) is 14.3. The van der Waals surface area contributed by atoms with Gasteiger partial charge in [-0.25, -0.2) is 9.59 Å². The highest BCUT2D eigenvalue weighted by molar-refractivity contribution is 8.00. The summed E-state index contributed by atoms with van der Waals surface area (Å²) >= 11 is 1.54. The molecule has 0 aromatic rings. The number of hydrogen-bond acceptors (Lipinski definition) is 3. The summed E-state index contributed by atoms with van der Waals surface area (Å²) in [7, 11) is 0. The first-order valence-electron chi connectivity index (χ1n) is 7.16. The highest BCUT2D eigenvalue weighted by Gasteiger charge is 2.45. The Hall–Kier alpha value is -1.17. The molecule has 1 heterocycles. The van der Waals surface area contributed by atoms with Crippen molar-refractivity contribution in [3.8, 4) is 0 Å². The van der Waals surface area contributed by atoms with Crippen LogP contribution >= 0.6 is 11.8 Å². The fourth-order valence-corrected chi connectivity index (χ4v) is 3.85. The van der Waals surface area contributed by atoms with Crippen molar-refractivity contribution >= 4 is 23.8 Å². The van der Waals surface area contributed by atoms with Crippen LogP contribution in [0.2, 0.25) is 0 Å². The lowest BCUT2D eigenvalue weighted by Crippen LogP contribution is -2.57. The Morgan fingerprint density at radius 1 is 1.48 bits per heavy atom. The van der Waals surface area contributed by atoms with E-state index in [9.17, 15) is 14.7 Å². The van der Waals surface area contributed by atoms with Gasteiger partial charge in [-0.05, 0) is 26.7 Å². The van der Waals surface area contributed by atoms with Crippen LogP contribution in [0.1, 0.15) is 34.6 Å². The Labute approximate surface area is 131 Å². The molecule has 2 atom stereocenters. The molecule has 1 fully saturated rings. The molecule has 1 rings (SSSR count). The largest absolute Gasteiger partial charge is 0.480 e. The van der Waals surface area contributed by atoms with Crippen molar-refractivity contribution in [2.24, 2.45) is 5.92 Å². The minimum Gasteiger partial charge on any atom is -0.480 e. The first-order valence-corrected chi connectivity index (χ1v) is 8.21. The van der Waals surface area contributed by atoms with E-state index in [0.29, 0.717) is 12.3 Å². The molecule has 0 aromatic heterocycles. The van der Waals surface area contributed by atoms with E-state index in [-0.39, 0.29) is 22.9 Å². The van der Waals surface area contributed by atoms with Gasteiger partial charge in [0.1, 0.15) is 6.04 Å². The van der Waals surface area contributed by atoms with Gasteiger partial charge in [0, 0.05) is 17.8 Å². The molecule has 0 aromatic carbocycles. The standard InChI is InChI=1S/C15H26N2O3S/c1-7-8-16(15(4,5)6)14(20)17-11(13(18)19)9-21-12(17)10(2)3/h7,10-12H,1,8-9H2,2-6H3,(H,18,19). The van der Waals surface area contributed by atoms with Crippen molar-refractivity contribution < 1.29 is 14.7 Å². The second-order valence-electron chi connectivity index (χ2n) is 6.58. The average molecular weight is 314 g/mol. The monoisotopic (exact) mass is 314 g/mol. The number of rotatable bonds is 4. The van der Waals surface area contributed by atoms with Crippen LogP contribution in [0.25, 0.3) is 0 Å². The van der Waals surface area contributed by atoms with Crippen molar-refractivity contribution in [3.05, 3.63) is 12.7 Å². The number of nitrogens with zero attached hydrogens (tertiary/aromatic N) is 2. The highest BCUT2D eigenvalue weighted by Crippen LogP contribution is 2.35. The number of thioether (sulfide) groups is 1. The van der Waals surface area contributed by atoms with Crippen LogP contribution in [-0.4, -0.2) is 56.2 Å². The number of carbonyl (C=O) groups excluding carboxylic acids is 1. The first-order chi connectivity index (χ1) is 9.61. The topological polar surface area (TPSA) is 60.9 Å². The average Bonchev–Trinajstić information content (AvgIpc) is 2.78. The van der Waals surface area contributed by atoms with Gasteiger partial charge in [0.15, 0.2) is 0 Å². The fourth-order valence-electron chi connectivity index (χ4n) is 2.38. The summed E-state index contributed by atoms with van der Waals surface area (Å²) in [6.45, 7) is 13.9. The van der Waals surface area contributed by atoms with Gasteiger partial charge in [-0.3, -0.25) is 4.90 Å². The summed E-state index contributed by atoms with van der Waals surface area (Å²) < 4.78 is 0. The molecular formula is C15H26N2O3S. The lowest BCUT2D eigenvalue weighted by Gasteiger charge is -2.41. The Morgan fingerprint density at radius 3 is 2.43 bits per heavy atom. The van der Waals surface area contributed by atoms with E-state index in [1.807, 2.05) is 34.6 Å². The summed E-state index contributed by atoms with van der Waals surface area (Å²) in [4.78, 5) is 27.6. The van der Waals surface area contributed by atoms with Crippen molar-refractivity contribution in [3.63, 3.8) is 0 Å². The van der Waals surface area contributed by atoms with E-state index in [4.69, 9.17) is 0 Å². The number of carboxylic acids is 1. The van der Waals surface area contributed by atoms with Gasteiger partial charge in [0.25, 0.3) is 0 Å². The van der Waals surface area contributed by atoms with Crippen LogP contribution in [0.4, 0.5) is 4.79 Å². The van der Waals surface area contributed by atoms with Gasteiger partial charge >= 0.3 is 12.0 Å². The Balaban J connectivity index is 3.13. The summed E-state index contributed by atoms with van der Waals surface area (Å²) in [5.41, 5.74) is -0.386. The normalized spacial score (nSPS) is 22.5. The molecule has 2 unspecified atom stereocenters. The van der Waals surface area contributed by atoms with E-state index in [0.717, 1.165) is 0 Å². The Morgan fingerprint density at radius 2 is 2.05 bits per heavy atom.